The van der Waals surface area contributed by atoms with Gasteiger partial charge in [0.1, 0.15) is 0 Å². The molecule has 1 amide bonds. The molecule has 0 aliphatic carbocycles. The van der Waals surface area contributed by atoms with E-state index in [0.717, 1.165) is 17.8 Å². The van der Waals surface area contributed by atoms with E-state index in [-0.39, 0.29) is 5.69 Å². The van der Waals surface area contributed by atoms with Gasteiger partial charge in [0.15, 0.2) is 6.61 Å². The van der Waals surface area contributed by atoms with Crippen LogP contribution in [0.15, 0.2) is 42.5 Å². The fourth-order valence-corrected chi connectivity index (χ4v) is 4.03. The highest BCUT2D eigenvalue weighted by Crippen LogP contribution is 2.36. The van der Waals surface area contributed by atoms with Crippen molar-refractivity contribution in [3.05, 3.63) is 85.6 Å². The van der Waals surface area contributed by atoms with Crippen molar-refractivity contribution in [1.29, 1.82) is 0 Å². The molecule has 1 aromatic heterocycles. The lowest BCUT2D eigenvalue weighted by Gasteiger charge is -2.11. The summed E-state index contributed by atoms with van der Waals surface area (Å²) in [5, 5.41) is 7.20. The molecule has 0 atom stereocenters. The molecule has 1 N–H and O–H groups in total. The maximum Gasteiger partial charge on any atom is 0.417 e. The monoisotopic (exact) mass is 559 g/mol. The van der Waals surface area contributed by atoms with Crippen LogP contribution < -0.4 is 5.32 Å². The number of benzene rings is 2. The number of hydrogen-bond donors (Lipinski definition) is 1. The van der Waals surface area contributed by atoms with Gasteiger partial charge in [0.25, 0.3) is 5.91 Å². The van der Waals surface area contributed by atoms with Crippen molar-refractivity contribution in [2.24, 2.45) is 0 Å². The number of aromatic nitrogens is 2. The second-order valence-electron chi connectivity index (χ2n) is 7.62. The van der Waals surface area contributed by atoms with Crippen LogP contribution in [0, 0.1) is 13.8 Å². The minimum Gasteiger partial charge on any atom is -0.452 e. The topological polar surface area (TPSA) is 73.2 Å². The van der Waals surface area contributed by atoms with Crippen LogP contribution in [0.25, 0.3) is 6.08 Å². The maximum atomic E-state index is 13.0. The molecule has 1 heterocycles. The number of carbonyl (C=O) groups excluding carboxylic acids is 2. The smallest absolute Gasteiger partial charge is 0.417 e. The van der Waals surface area contributed by atoms with Crippen molar-refractivity contribution in [3.63, 3.8) is 0 Å². The average Bonchev–Trinajstić information content (AvgIpc) is 3.06. The molecular weight excluding hydrogens is 542 g/mol. The van der Waals surface area contributed by atoms with E-state index in [1.54, 1.807) is 29.8 Å². The molecule has 0 saturated carbocycles. The highest BCUT2D eigenvalue weighted by molar-refractivity contribution is 6.36. The molecule has 0 unspecified atom stereocenters. The van der Waals surface area contributed by atoms with Gasteiger partial charge in [-0.15, -0.1) is 0 Å². The summed E-state index contributed by atoms with van der Waals surface area (Å²) in [5.74, 6) is -1.64. The average molecular weight is 561 g/mol. The summed E-state index contributed by atoms with van der Waals surface area (Å²) >= 11 is 18.0. The van der Waals surface area contributed by atoms with Gasteiger partial charge in [0.05, 0.1) is 22.8 Å². The minimum absolute atomic E-state index is 0.138. The third kappa shape index (κ3) is 6.81. The number of hydrogen-bond acceptors (Lipinski definition) is 4. The van der Waals surface area contributed by atoms with Crippen LogP contribution in [0.2, 0.25) is 15.1 Å². The Labute approximate surface area is 219 Å². The highest BCUT2D eigenvalue weighted by Gasteiger charge is 2.33. The SMILES string of the molecule is Cc1nn(Cc2c(Cl)cccc2Cl)c(C)c1C=CC(=O)OCC(=O)Nc1ccc(Cl)c(C(F)(F)F)c1. The number of esters is 1. The maximum absolute atomic E-state index is 13.0. The van der Waals surface area contributed by atoms with Crippen LogP contribution in [0.5, 0.6) is 0 Å². The number of rotatable bonds is 7. The van der Waals surface area contributed by atoms with E-state index in [1.807, 2.05) is 6.92 Å². The second-order valence-corrected chi connectivity index (χ2v) is 8.85. The van der Waals surface area contributed by atoms with Crippen LogP contribution >= 0.6 is 34.8 Å². The molecule has 6 nitrogen and oxygen atoms in total. The zero-order valence-electron chi connectivity index (χ0n) is 18.9. The van der Waals surface area contributed by atoms with E-state index in [0.29, 0.717) is 39.5 Å². The van der Waals surface area contributed by atoms with Gasteiger partial charge in [0, 0.05) is 38.6 Å². The summed E-state index contributed by atoms with van der Waals surface area (Å²) in [5.41, 5.74) is 1.52. The number of amides is 1. The zero-order valence-corrected chi connectivity index (χ0v) is 21.2. The fraction of sp³-hybridized carbons (Fsp3) is 0.208. The molecule has 3 aromatic rings. The van der Waals surface area contributed by atoms with Crippen LogP contribution in [0.4, 0.5) is 18.9 Å². The molecule has 0 aliphatic rings. The number of nitrogens with one attached hydrogen (secondary N) is 1. The number of nitrogens with zero attached hydrogens (tertiary/aromatic N) is 2. The molecule has 3 rings (SSSR count). The van der Waals surface area contributed by atoms with E-state index < -0.39 is 35.2 Å². The molecule has 0 aliphatic heterocycles. The molecule has 2 aromatic carbocycles. The number of ether oxygens (including phenoxy) is 1. The Bertz CT molecular complexity index is 1320. The van der Waals surface area contributed by atoms with Crippen LogP contribution in [-0.2, 0) is 27.0 Å². The van der Waals surface area contributed by atoms with Crippen molar-refractivity contribution >= 4 is 58.4 Å². The molecule has 0 saturated heterocycles. The Balaban J connectivity index is 1.61. The molecule has 0 spiro atoms. The molecular formula is C24H19Cl3F3N3O3. The first kappa shape index (κ1) is 27.6. The summed E-state index contributed by atoms with van der Waals surface area (Å²) in [6.07, 6.45) is -2.06. The highest BCUT2D eigenvalue weighted by atomic mass is 35.5. The Morgan fingerprint density at radius 2 is 1.75 bits per heavy atom. The molecule has 0 fully saturated rings. The summed E-state index contributed by atoms with van der Waals surface area (Å²) < 4.78 is 45.4. The quantitative estimate of drug-likeness (QED) is 0.257. The Kier molecular flexibility index (Phi) is 8.71. The first-order valence-corrected chi connectivity index (χ1v) is 11.5. The number of halogens is 6. The Morgan fingerprint density at radius 3 is 2.39 bits per heavy atom. The van der Waals surface area contributed by atoms with Gasteiger partial charge in [-0.3, -0.25) is 9.48 Å². The third-order valence-electron chi connectivity index (χ3n) is 5.09. The predicted molar refractivity (Wildman–Crippen MR) is 132 cm³/mol. The van der Waals surface area contributed by atoms with Gasteiger partial charge < -0.3 is 10.1 Å². The number of carbonyl (C=O) groups is 2. The molecule has 0 bridgehead atoms. The summed E-state index contributed by atoms with van der Waals surface area (Å²) in [6.45, 7) is 3.20. The van der Waals surface area contributed by atoms with Crippen molar-refractivity contribution < 1.29 is 27.5 Å². The summed E-state index contributed by atoms with van der Waals surface area (Å²) in [6, 6.07) is 8.11. The van der Waals surface area contributed by atoms with Gasteiger partial charge in [-0.25, -0.2) is 4.79 Å². The minimum atomic E-state index is -4.68. The zero-order chi connectivity index (χ0) is 26.6. The summed E-state index contributed by atoms with van der Waals surface area (Å²) in [4.78, 5) is 24.1. The van der Waals surface area contributed by atoms with Crippen LogP contribution in [0.1, 0.15) is 28.1 Å². The van der Waals surface area contributed by atoms with Crippen molar-refractivity contribution in [2.45, 2.75) is 26.6 Å². The number of anilines is 1. The standard InChI is InChI=1S/C24H19Cl3F3N3O3/c1-13-16(14(2)33(32-13)11-17-19(25)4-3-5-20(17)26)7-9-23(35)36-12-22(34)31-15-6-8-21(27)18(10-15)24(28,29)30/h3-10H,11-12H2,1-2H3,(H,31,34). The lowest BCUT2D eigenvalue weighted by atomic mass is 10.1. The van der Waals surface area contributed by atoms with Crippen molar-refractivity contribution in [2.75, 3.05) is 11.9 Å². The Hall–Kier alpha value is -3.01. The van der Waals surface area contributed by atoms with Crippen LogP contribution in [-0.4, -0.2) is 28.3 Å². The molecule has 36 heavy (non-hydrogen) atoms. The van der Waals surface area contributed by atoms with Gasteiger partial charge in [-0.05, 0) is 50.3 Å². The lowest BCUT2D eigenvalue weighted by Crippen LogP contribution is -2.20. The van der Waals surface area contributed by atoms with E-state index in [4.69, 9.17) is 39.5 Å². The number of alkyl halides is 3. The normalized spacial score (nSPS) is 11.7. The largest absolute Gasteiger partial charge is 0.452 e. The van der Waals surface area contributed by atoms with Gasteiger partial charge in [-0.2, -0.15) is 18.3 Å². The van der Waals surface area contributed by atoms with Crippen molar-refractivity contribution in [1.82, 2.24) is 9.78 Å². The van der Waals surface area contributed by atoms with E-state index in [9.17, 15) is 22.8 Å². The lowest BCUT2D eigenvalue weighted by molar-refractivity contribution is -0.142. The van der Waals surface area contributed by atoms with Gasteiger partial charge in [0.2, 0.25) is 0 Å². The van der Waals surface area contributed by atoms with E-state index in [1.165, 1.54) is 12.1 Å². The van der Waals surface area contributed by atoms with Crippen LogP contribution in [0.3, 0.4) is 0 Å². The van der Waals surface area contributed by atoms with Crippen molar-refractivity contribution in [3.8, 4) is 0 Å². The van der Waals surface area contributed by atoms with E-state index >= 15 is 0 Å². The molecule has 12 heteroatoms. The molecule has 0 radical (unpaired) electrons. The third-order valence-corrected chi connectivity index (χ3v) is 6.13. The first-order chi connectivity index (χ1) is 16.9. The van der Waals surface area contributed by atoms with Gasteiger partial charge in [-0.1, -0.05) is 40.9 Å². The Morgan fingerprint density at radius 1 is 1.08 bits per heavy atom. The summed E-state index contributed by atoms with van der Waals surface area (Å²) in [7, 11) is 0. The number of aryl methyl sites for hydroxylation is 1. The fourth-order valence-electron chi connectivity index (χ4n) is 3.29. The predicted octanol–water partition coefficient (Wildman–Crippen LogP) is 6.72. The van der Waals surface area contributed by atoms with Gasteiger partial charge >= 0.3 is 12.1 Å². The van der Waals surface area contributed by atoms with E-state index in [2.05, 4.69) is 10.4 Å². The molecule has 190 valence electrons. The first-order valence-electron chi connectivity index (χ1n) is 10.3. The second kappa shape index (κ2) is 11.4.